The summed E-state index contributed by atoms with van der Waals surface area (Å²) in [7, 11) is 3.82. The van der Waals surface area contributed by atoms with Gasteiger partial charge in [0.05, 0.1) is 6.04 Å². The molecular weight excluding hydrogens is 154 g/mol. The molecule has 0 amide bonds. The van der Waals surface area contributed by atoms with Gasteiger partial charge in [0.1, 0.15) is 5.78 Å². The number of aliphatic hydroxyl groups excluding tert-OH is 1. The molecule has 0 saturated carbocycles. The Morgan fingerprint density at radius 3 is 2.42 bits per heavy atom. The fraction of sp³-hybridized carbons (Fsp3) is 0.889. The average Bonchev–Trinajstić information content (AvgIpc) is 2.01. The van der Waals surface area contributed by atoms with Crippen LogP contribution >= 0.6 is 0 Å². The molecule has 0 unspecified atom stereocenters. The monoisotopic (exact) mass is 173 g/mol. The van der Waals surface area contributed by atoms with E-state index in [1.54, 1.807) is 0 Å². The first-order valence-corrected chi connectivity index (χ1v) is 4.43. The molecule has 0 saturated heterocycles. The van der Waals surface area contributed by atoms with Gasteiger partial charge in [0.25, 0.3) is 0 Å². The Morgan fingerprint density at radius 2 is 2.08 bits per heavy atom. The Hall–Kier alpha value is -0.410. The second-order valence-electron chi connectivity index (χ2n) is 3.18. The van der Waals surface area contributed by atoms with Crippen LogP contribution < -0.4 is 0 Å². The van der Waals surface area contributed by atoms with Gasteiger partial charge in [-0.15, -0.1) is 0 Å². The Balaban J connectivity index is 3.86. The molecule has 12 heavy (non-hydrogen) atoms. The van der Waals surface area contributed by atoms with Crippen molar-refractivity contribution in [2.45, 2.75) is 32.2 Å². The van der Waals surface area contributed by atoms with E-state index in [0.717, 1.165) is 6.42 Å². The zero-order valence-corrected chi connectivity index (χ0v) is 8.21. The summed E-state index contributed by atoms with van der Waals surface area (Å²) in [5.74, 6) is 0.233. The molecule has 0 fully saturated rings. The van der Waals surface area contributed by atoms with E-state index in [1.807, 2.05) is 25.9 Å². The minimum atomic E-state index is 0.0246. The predicted octanol–water partition coefficient (Wildman–Crippen LogP) is 0.668. The highest BCUT2D eigenvalue weighted by Gasteiger charge is 2.17. The number of ketones is 1. The Morgan fingerprint density at radius 1 is 1.50 bits per heavy atom. The molecule has 0 spiro atoms. The molecule has 0 radical (unpaired) electrons. The lowest BCUT2D eigenvalue weighted by atomic mass is 10.1. The lowest BCUT2D eigenvalue weighted by Crippen LogP contribution is -2.35. The highest BCUT2D eigenvalue weighted by atomic mass is 16.3. The predicted molar refractivity (Wildman–Crippen MR) is 49.1 cm³/mol. The van der Waals surface area contributed by atoms with Gasteiger partial charge in [-0.25, -0.2) is 0 Å². The van der Waals surface area contributed by atoms with Crippen LogP contribution in [0.4, 0.5) is 0 Å². The molecule has 3 heteroatoms. The maximum atomic E-state index is 11.4. The second kappa shape index (κ2) is 6.14. The van der Waals surface area contributed by atoms with Crippen molar-refractivity contribution in [3.05, 3.63) is 0 Å². The lowest BCUT2D eigenvalue weighted by Gasteiger charge is -2.21. The third-order valence-corrected chi connectivity index (χ3v) is 1.96. The number of aliphatic hydroxyl groups is 1. The number of carbonyl (C=O) groups excluding carboxylic acids is 1. The van der Waals surface area contributed by atoms with Gasteiger partial charge in [0.2, 0.25) is 0 Å². The summed E-state index contributed by atoms with van der Waals surface area (Å²) in [5.41, 5.74) is 0. The highest BCUT2D eigenvalue weighted by Crippen LogP contribution is 2.04. The average molecular weight is 173 g/mol. The molecule has 0 aromatic rings. The minimum Gasteiger partial charge on any atom is -0.396 e. The van der Waals surface area contributed by atoms with Crippen LogP contribution in [-0.2, 0) is 4.79 Å². The van der Waals surface area contributed by atoms with Crippen LogP contribution in [0, 0.1) is 0 Å². The number of likely N-dealkylation sites (N-methyl/N-ethyl adjacent to an activating group) is 1. The Labute approximate surface area is 74.4 Å². The van der Waals surface area contributed by atoms with Crippen molar-refractivity contribution >= 4 is 5.78 Å². The summed E-state index contributed by atoms with van der Waals surface area (Å²) in [6.45, 7) is 2.11. The number of Topliss-reactive ketones (excluding diaryl/α,β-unsaturated/α-hetero) is 1. The van der Waals surface area contributed by atoms with E-state index < -0.39 is 0 Å². The van der Waals surface area contributed by atoms with Gasteiger partial charge < -0.3 is 5.11 Å². The van der Waals surface area contributed by atoms with E-state index in [0.29, 0.717) is 12.8 Å². The first-order chi connectivity index (χ1) is 5.63. The van der Waals surface area contributed by atoms with E-state index in [9.17, 15) is 4.79 Å². The molecule has 0 aromatic carbocycles. The number of nitrogens with zero attached hydrogens (tertiary/aromatic N) is 1. The molecular formula is C9H19NO2. The summed E-state index contributed by atoms with van der Waals surface area (Å²) >= 11 is 0. The van der Waals surface area contributed by atoms with Crippen molar-refractivity contribution in [3.63, 3.8) is 0 Å². The molecule has 0 heterocycles. The molecule has 72 valence electrons. The summed E-state index contributed by atoms with van der Waals surface area (Å²) in [4.78, 5) is 13.4. The van der Waals surface area contributed by atoms with Crippen molar-refractivity contribution in [3.8, 4) is 0 Å². The summed E-state index contributed by atoms with van der Waals surface area (Å²) < 4.78 is 0. The highest BCUT2D eigenvalue weighted by molar-refractivity contribution is 5.83. The zero-order valence-electron chi connectivity index (χ0n) is 8.21. The van der Waals surface area contributed by atoms with E-state index in [-0.39, 0.29) is 18.4 Å². The fourth-order valence-corrected chi connectivity index (χ4v) is 1.30. The third-order valence-electron chi connectivity index (χ3n) is 1.96. The topological polar surface area (TPSA) is 40.5 Å². The van der Waals surface area contributed by atoms with Gasteiger partial charge in [-0.1, -0.05) is 6.92 Å². The molecule has 3 nitrogen and oxygen atoms in total. The van der Waals surface area contributed by atoms with Crippen LogP contribution in [0.15, 0.2) is 0 Å². The molecule has 0 aromatic heterocycles. The molecule has 0 aliphatic rings. The van der Waals surface area contributed by atoms with Crippen LogP contribution in [0.25, 0.3) is 0 Å². The van der Waals surface area contributed by atoms with Crippen LogP contribution in [0.1, 0.15) is 26.2 Å². The number of carbonyl (C=O) groups is 1. The lowest BCUT2D eigenvalue weighted by molar-refractivity contribution is -0.123. The first kappa shape index (κ1) is 11.6. The van der Waals surface area contributed by atoms with E-state index in [2.05, 4.69) is 0 Å². The molecule has 0 aliphatic carbocycles. The van der Waals surface area contributed by atoms with Gasteiger partial charge >= 0.3 is 0 Å². The quantitative estimate of drug-likeness (QED) is 0.641. The molecule has 1 atom stereocenters. The number of rotatable bonds is 6. The van der Waals surface area contributed by atoms with Crippen LogP contribution in [0.2, 0.25) is 0 Å². The third kappa shape index (κ3) is 3.83. The molecule has 1 N–H and O–H groups in total. The van der Waals surface area contributed by atoms with Crippen LogP contribution in [-0.4, -0.2) is 42.5 Å². The number of hydrogen-bond donors (Lipinski definition) is 1. The number of hydrogen-bond acceptors (Lipinski definition) is 3. The standard InChI is InChI=1S/C9H19NO2/c1-4-8(10(2)3)9(12)6-5-7-11/h8,11H,4-7H2,1-3H3/t8-/m0/s1. The Bertz CT molecular complexity index is 134. The van der Waals surface area contributed by atoms with Crippen molar-refractivity contribution in [1.82, 2.24) is 4.90 Å². The van der Waals surface area contributed by atoms with Crippen molar-refractivity contribution < 1.29 is 9.90 Å². The SMILES string of the molecule is CC[C@@H](C(=O)CCCO)N(C)C. The van der Waals surface area contributed by atoms with Crippen LogP contribution in [0.5, 0.6) is 0 Å². The van der Waals surface area contributed by atoms with Crippen LogP contribution in [0.3, 0.4) is 0 Å². The van der Waals surface area contributed by atoms with E-state index in [1.165, 1.54) is 0 Å². The first-order valence-electron chi connectivity index (χ1n) is 4.43. The molecule has 0 rings (SSSR count). The summed E-state index contributed by atoms with van der Waals surface area (Å²) in [5, 5.41) is 8.54. The van der Waals surface area contributed by atoms with Crippen molar-refractivity contribution in [2.75, 3.05) is 20.7 Å². The van der Waals surface area contributed by atoms with Gasteiger partial charge in [0, 0.05) is 13.0 Å². The second-order valence-corrected chi connectivity index (χ2v) is 3.18. The van der Waals surface area contributed by atoms with Crippen molar-refractivity contribution in [1.29, 1.82) is 0 Å². The van der Waals surface area contributed by atoms with Gasteiger partial charge in [-0.2, -0.15) is 0 Å². The minimum absolute atomic E-state index is 0.0246. The maximum absolute atomic E-state index is 11.4. The van der Waals surface area contributed by atoms with Gasteiger partial charge in [-0.05, 0) is 26.9 Å². The normalized spacial score (nSPS) is 13.4. The largest absolute Gasteiger partial charge is 0.396 e. The summed E-state index contributed by atoms with van der Waals surface area (Å²) in [6.07, 6.45) is 1.92. The maximum Gasteiger partial charge on any atom is 0.150 e. The summed E-state index contributed by atoms with van der Waals surface area (Å²) in [6, 6.07) is 0.0246. The Kier molecular flexibility index (Phi) is 5.93. The fourth-order valence-electron chi connectivity index (χ4n) is 1.30. The zero-order chi connectivity index (χ0) is 9.56. The van der Waals surface area contributed by atoms with Gasteiger partial charge in [0.15, 0.2) is 0 Å². The van der Waals surface area contributed by atoms with Crippen molar-refractivity contribution in [2.24, 2.45) is 0 Å². The van der Waals surface area contributed by atoms with Gasteiger partial charge in [-0.3, -0.25) is 9.69 Å². The smallest absolute Gasteiger partial charge is 0.150 e. The molecule has 0 aliphatic heterocycles. The van der Waals surface area contributed by atoms with E-state index >= 15 is 0 Å². The molecule has 0 bridgehead atoms. The van der Waals surface area contributed by atoms with E-state index in [4.69, 9.17) is 5.11 Å².